The van der Waals surface area contributed by atoms with Crippen LogP contribution in [-0.4, -0.2) is 41.5 Å². The van der Waals surface area contributed by atoms with Gasteiger partial charge in [-0.15, -0.1) is 0 Å². The van der Waals surface area contributed by atoms with E-state index in [2.05, 4.69) is 10.0 Å². The summed E-state index contributed by atoms with van der Waals surface area (Å²) in [5, 5.41) is 14.7. The van der Waals surface area contributed by atoms with Gasteiger partial charge < -0.3 is 19.3 Å². The van der Waals surface area contributed by atoms with Crippen molar-refractivity contribution in [2.75, 3.05) is 6.61 Å². The lowest BCUT2D eigenvalue weighted by atomic mass is 9.97. The van der Waals surface area contributed by atoms with Crippen LogP contribution in [0.15, 0.2) is 70.7 Å². The molecule has 2 aliphatic rings. The van der Waals surface area contributed by atoms with Crippen molar-refractivity contribution in [3.05, 3.63) is 76.7 Å². The van der Waals surface area contributed by atoms with Gasteiger partial charge in [0.1, 0.15) is 23.7 Å². The lowest BCUT2D eigenvalue weighted by molar-refractivity contribution is -0.305. The van der Waals surface area contributed by atoms with Crippen molar-refractivity contribution in [2.45, 2.75) is 41.0 Å². The van der Waals surface area contributed by atoms with Crippen molar-refractivity contribution >= 4 is 11.8 Å². The van der Waals surface area contributed by atoms with E-state index < -0.39 is 36.1 Å². The average Bonchev–Trinajstić information content (AvgIpc) is 2.72. The molecule has 6 atom stereocenters. The second-order valence-corrected chi connectivity index (χ2v) is 7.51. The molecule has 4 rings (SSSR count). The molecule has 2 aromatic carbocycles. The summed E-state index contributed by atoms with van der Waals surface area (Å²) in [5.74, 6) is 0. The number of ether oxygens (including phenoxy) is 3. The summed E-state index contributed by atoms with van der Waals surface area (Å²) in [6.07, 6.45) is -2.65. The number of hydrogen-bond acceptors (Lipinski definition) is 6. The van der Waals surface area contributed by atoms with Crippen molar-refractivity contribution < 1.29 is 19.3 Å². The first kappa shape index (κ1) is 18.3. The molecular formula is C19H19N3O4S. The predicted molar refractivity (Wildman–Crippen MR) is 99.9 cm³/mol. The Hall–Kier alpha value is -2.06. The Morgan fingerprint density at radius 2 is 1.74 bits per heavy atom. The molecule has 2 saturated heterocycles. The minimum atomic E-state index is -0.990. The summed E-state index contributed by atoms with van der Waals surface area (Å²) < 4.78 is 17.9. The number of fused-ring (bicyclic) bond motifs is 1. The number of nitrogens with zero attached hydrogens (tertiary/aromatic N) is 3. The zero-order valence-electron chi connectivity index (χ0n) is 14.4. The van der Waals surface area contributed by atoms with Gasteiger partial charge in [0, 0.05) is 15.4 Å². The van der Waals surface area contributed by atoms with E-state index in [-0.39, 0.29) is 6.61 Å². The Morgan fingerprint density at radius 3 is 2.44 bits per heavy atom. The lowest BCUT2D eigenvalue weighted by Crippen LogP contribution is -2.60. The molecule has 7 nitrogen and oxygen atoms in total. The number of aliphatic hydroxyl groups excluding tert-OH is 1. The first-order valence-electron chi connectivity index (χ1n) is 8.68. The van der Waals surface area contributed by atoms with Crippen LogP contribution in [0.25, 0.3) is 10.4 Å². The molecule has 0 spiro atoms. The molecule has 0 aliphatic carbocycles. The van der Waals surface area contributed by atoms with Gasteiger partial charge in [-0.25, -0.2) is 0 Å². The number of rotatable bonds is 4. The van der Waals surface area contributed by atoms with E-state index in [4.69, 9.17) is 19.7 Å². The summed E-state index contributed by atoms with van der Waals surface area (Å²) in [7, 11) is 0. The van der Waals surface area contributed by atoms with Crippen LogP contribution in [-0.2, 0) is 14.2 Å². The maximum atomic E-state index is 10.9. The van der Waals surface area contributed by atoms with Gasteiger partial charge in [-0.2, -0.15) is 0 Å². The maximum Gasteiger partial charge on any atom is 0.184 e. The minimum absolute atomic E-state index is 0.288. The maximum absolute atomic E-state index is 10.9. The van der Waals surface area contributed by atoms with Gasteiger partial charge in [0.2, 0.25) is 0 Å². The second-order valence-electron chi connectivity index (χ2n) is 6.34. The van der Waals surface area contributed by atoms with Crippen LogP contribution < -0.4 is 0 Å². The number of azide groups is 1. The van der Waals surface area contributed by atoms with E-state index in [0.717, 1.165) is 10.5 Å². The molecule has 8 heteroatoms. The molecule has 0 bridgehead atoms. The first-order chi connectivity index (χ1) is 13.3. The van der Waals surface area contributed by atoms with Gasteiger partial charge in [0.15, 0.2) is 6.29 Å². The fraction of sp³-hybridized carbons (Fsp3) is 0.368. The lowest BCUT2D eigenvalue weighted by Gasteiger charge is -2.46. The molecule has 1 N–H and O–H groups in total. The van der Waals surface area contributed by atoms with E-state index in [9.17, 15) is 5.11 Å². The third-order valence-corrected chi connectivity index (χ3v) is 5.75. The molecule has 0 unspecified atom stereocenters. The number of thioether (sulfide) groups is 1. The fourth-order valence-electron chi connectivity index (χ4n) is 3.27. The Morgan fingerprint density at radius 1 is 1.04 bits per heavy atom. The summed E-state index contributed by atoms with van der Waals surface area (Å²) in [4.78, 5) is 3.87. The van der Waals surface area contributed by atoms with E-state index in [1.165, 1.54) is 11.8 Å². The second kappa shape index (κ2) is 8.31. The summed E-state index contributed by atoms with van der Waals surface area (Å²) in [6, 6.07) is 18.4. The Labute approximate surface area is 160 Å². The van der Waals surface area contributed by atoms with Crippen LogP contribution in [0.3, 0.4) is 0 Å². The van der Waals surface area contributed by atoms with E-state index in [1.807, 2.05) is 60.7 Å². The van der Waals surface area contributed by atoms with Gasteiger partial charge in [0.25, 0.3) is 0 Å². The van der Waals surface area contributed by atoms with Crippen molar-refractivity contribution in [3.8, 4) is 0 Å². The van der Waals surface area contributed by atoms with Gasteiger partial charge in [-0.05, 0) is 17.7 Å². The molecule has 0 amide bonds. The van der Waals surface area contributed by atoms with Crippen molar-refractivity contribution in [1.82, 2.24) is 0 Å². The molecule has 0 aromatic heterocycles. The Kier molecular flexibility index (Phi) is 5.63. The normalized spacial score (nSPS) is 32.9. The molecule has 2 fully saturated rings. The van der Waals surface area contributed by atoms with E-state index in [0.29, 0.717) is 0 Å². The zero-order valence-corrected chi connectivity index (χ0v) is 15.2. The predicted octanol–water partition coefficient (Wildman–Crippen LogP) is 3.66. The SMILES string of the molecule is [N-]=[N+]=N[C@@H]1[C@@H](O)[C@@H]2O[C@H](c3ccccc3)OC[C@H]2O[C@H]1Sc1ccccc1. The van der Waals surface area contributed by atoms with Gasteiger partial charge >= 0.3 is 0 Å². The molecule has 27 heavy (non-hydrogen) atoms. The van der Waals surface area contributed by atoms with Crippen LogP contribution in [0.5, 0.6) is 0 Å². The molecule has 0 saturated carbocycles. The first-order valence-corrected chi connectivity index (χ1v) is 9.55. The topological polar surface area (TPSA) is 96.7 Å². The minimum Gasteiger partial charge on any atom is -0.390 e. The standard InChI is InChI=1S/C19H19N3O4S/c20-22-21-15-16(23)17-14(25-19(15)27-13-9-5-2-6-10-13)11-24-18(26-17)12-7-3-1-4-8-12/h1-10,14-19,23H,11H2/t14-,15-,16-,17-,18-,19+/m1/s1. The Balaban J connectivity index is 1.53. The van der Waals surface area contributed by atoms with Gasteiger partial charge in [-0.1, -0.05) is 65.4 Å². The molecule has 2 heterocycles. The smallest absolute Gasteiger partial charge is 0.184 e. The number of benzene rings is 2. The van der Waals surface area contributed by atoms with Crippen molar-refractivity contribution in [1.29, 1.82) is 0 Å². The zero-order chi connectivity index (χ0) is 18.6. The summed E-state index contributed by atoms with van der Waals surface area (Å²) in [5.41, 5.74) is 9.30. The fourth-order valence-corrected chi connectivity index (χ4v) is 4.41. The van der Waals surface area contributed by atoms with Crippen LogP contribution in [0.2, 0.25) is 0 Å². The Bertz CT molecular complexity index is 803. The monoisotopic (exact) mass is 385 g/mol. The van der Waals surface area contributed by atoms with Gasteiger partial charge in [0.05, 0.1) is 12.7 Å². The highest BCUT2D eigenvalue weighted by molar-refractivity contribution is 7.99. The highest BCUT2D eigenvalue weighted by atomic mass is 32.2. The third kappa shape index (κ3) is 3.96. The van der Waals surface area contributed by atoms with E-state index in [1.54, 1.807) is 0 Å². The van der Waals surface area contributed by atoms with Crippen LogP contribution in [0.1, 0.15) is 11.9 Å². The van der Waals surface area contributed by atoms with Crippen molar-refractivity contribution in [3.63, 3.8) is 0 Å². The quantitative estimate of drug-likeness (QED) is 0.492. The third-order valence-electron chi connectivity index (χ3n) is 4.59. The molecule has 2 aliphatic heterocycles. The van der Waals surface area contributed by atoms with Crippen LogP contribution in [0.4, 0.5) is 0 Å². The average molecular weight is 385 g/mol. The van der Waals surface area contributed by atoms with E-state index >= 15 is 0 Å². The number of hydrogen-bond donors (Lipinski definition) is 1. The van der Waals surface area contributed by atoms with Crippen molar-refractivity contribution in [2.24, 2.45) is 5.11 Å². The summed E-state index contributed by atoms with van der Waals surface area (Å²) >= 11 is 1.41. The molecule has 140 valence electrons. The highest BCUT2D eigenvalue weighted by Gasteiger charge is 2.49. The summed E-state index contributed by atoms with van der Waals surface area (Å²) in [6.45, 7) is 0.288. The van der Waals surface area contributed by atoms with Crippen LogP contribution >= 0.6 is 11.8 Å². The van der Waals surface area contributed by atoms with Gasteiger partial charge in [-0.3, -0.25) is 0 Å². The number of aliphatic hydroxyl groups is 1. The molecular weight excluding hydrogens is 366 g/mol. The van der Waals surface area contributed by atoms with Crippen LogP contribution in [0, 0.1) is 0 Å². The molecule has 0 radical (unpaired) electrons. The largest absolute Gasteiger partial charge is 0.390 e. The highest BCUT2D eigenvalue weighted by Crippen LogP contribution is 2.39. The molecule has 2 aromatic rings.